The minimum absolute atomic E-state index is 0.126. The summed E-state index contributed by atoms with van der Waals surface area (Å²) in [5.74, 6) is 0.910. The lowest BCUT2D eigenvalue weighted by Crippen LogP contribution is -2.45. The standard InChI is InChI=1S/C17H23N3O3/c21-16(13-2-1-3-13)19-14-4-5-15(18-12-14)20-8-6-17(7-9-20)22-10-11-23-17/h4-5,12-13H,1-3,6-11H2,(H,19,21). The number of anilines is 2. The third-order valence-electron chi connectivity index (χ3n) is 5.15. The van der Waals surface area contributed by atoms with Crippen molar-refractivity contribution in [3.8, 4) is 0 Å². The van der Waals surface area contributed by atoms with Crippen molar-refractivity contribution in [2.45, 2.75) is 37.9 Å². The molecule has 1 aromatic rings. The van der Waals surface area contributed by atoms with Crippen molar-refractivity contribution in [3.05, 3.63) is 18.3 Å². The number of aromatic nitrogens is 1. The molecule has 6 nitrogen and oxygen atoms in total. The predicted molar refractivity (Wildman–Crippen MR) is 86.3 cm³/mol. The second-order valence-electron chi connectivity index (χ2n) is 6.62. The van der Waals surface area contributed by atoms with Gasteiger partial charge in [-0.05, 0) is 25.0 Å². The summed E-state index contributed by atoms with van der Waals surface area (Å²) < 4.78 is 11.5. The molecular formula is C17H23N3O3. The van der Waals surface area contributed by atoms with Gasteiger partial charge in [-0.15, -0.1) is 0 Å². The van der Waals surface area contributed by atoms with Crippen molar-refractivity contribution in [2.24, 2.45) is 5.92 Å². The lowest BCUT2D eigenvalue weighted by atomic mass is 9.85. The molecular weight excluding hydrogens is 294 g/mol. The van der Waals surface area contributed by atoms with E-state index in [2.05, 4.69) is 15.2 Å². The predicted octanol–water partition coefficient (Wildman–Crippen LogP) is 2.16. The first-order chi connectivity index (χ1) is 11.2. The summed E-state index contributed by atoms with van der Waals surface area (Å²) in [5, 5.41) is 2.95. The fourth-order valence-electron chi connectivity index (χ4n) is 3.42. The Morgan fingerprint density at radius 3 is 2.52 bits per heavy atom. The van der Waals surface area contributed by atoms with E-state index in [0.717, 1.165) is 50.3 Å². The van der Waals surface area contributed by atoms with E-state index in [1.807, 2.05) is 12.1 Å². The van der Waals surface area contributed by atoms with Gasteiger partial charge in [0.05, 0.1) is 25.1 Å². The van der Waals surface area contributed by atoms with Gasteiger partial charge in [-0.25, -0.2) is 4.98 Å². The Kier molecular flexibility index (Phi) is 3.95. The quantitative estimate of drug-likeness (QED) is 0.925. The number of nitrogens with zero attached hydrogens (tertiary/aromatic N) is 2. The summed E-state index contributed by atoms with van der Waals surface area (Å²) in [6.07, 6.45) is 6.68. The molecule has 0 radical (unpaired) electrons. The van der Waals surface area contributed by atoms with Gasteiger partial charge in [0.2, 0.25) is 5.91 Å². The molecule has 1 aliphatic carbocycles. The van der Waals surface area contributed by atoms with Crippen LogP contribution in [0.2, 0.25) is 0 Å². The van der Waals surface area contributed by atoms with Crippen LogP contribution in [0.3, 0.4) is 0 Å². The average Bonchev–Trinajstić information content (AvgIpc) is 2.95. The highest BCUT2D eigenvalue weighted by molar-refractivity contribution is 5.92. The second kappa shape index (κ2) is 6.09. The van der Waals surface area contributed by atoms with Crippen LogP contribution in [-0.2, 0) is 14.3 Å². The topological polar surface area (TPSA) is 63.7 Å². The average molecular weight is 317 g/mol. The van der Waals surface area contributed by atoms with Gasteiger partial charge in [-0.2, -0.15) is 0 Å². The van der Waals surface area contributed by atoms with Gasteiger partial charge in [0, 0.05) is 31.8 Å². The number of rotatable bonds is 3. The number of ether oxygens (including phenoxy) is 2. The molecule has 1 spiro atoms. The van der Waals surface area contributed by atoms with Crippen molar-refractivity contribution < 1.29 is 14.3 Å². The Labute approximate surface area is 136 Å². The van der Waals surface area contributed by atoms with E-state index in [1.165, 1.54) is 6.42 Å². The molecule has 3 heterocycles. The van der Waals surface area contributed by atoms with E-state index in [0.29, 0.717) is 13.2 Å². The van der Waals surface area contributed by atoms with Crippen molar-refractivity contribution in [1.82, 2.24) is 4.98 Å². The molecule has 4 rings (SSSR count). The zero-order chi connectivity index (χ0) is 15.7. The summed E-state index contributed by atoms with van der Waals surface area (Å²) in [5.41, 5.74) is 0.779. The molecule has 0 atom stereocenters. The van der Waals surface area contributed by atoms with E-state index in [9.17, 15) is 4.79 Å². The molecule has 6 heteroatoms. The summed E-state index contributed by atoms with van der Waals surface area (Å²) in [6, 6.07) is 3.91. The maximum Gasteiger partial charge on any atom is 0.227 e. The van der Waals surface area contributed by atoms with Crippen LogP contribution in [0.5, 0.6) is 0 Å². The number of hydrogen-bond donors (Lipinski definition) is 1. The van der Waals surface area contributed by atoms with E-state index in [-0.39, 0.29) is 17.6 Å². The van der Waals surface area contributed by atoms with Crippen molar-refractivity contribution in [2.75, 3.05) is 36.5 Å². The lowest BCUT2D eigenvalue weighted by molar-refractivity contribution is -0.169. The minimum Gasteiger partial charge on any atom is -0.356 e. The van der Waals surface area contributed by atoms with Gasteiger partial charge in [0.1, 0.15) is 5.82 Å². The van der Waals surface area contributed by atoms with Crippen molar-refractivity contribution >= 4 is 17.4 Å². The highest BCUT2D eigenvalue weighted by Gasteiger charge is 2.40. The fourth-order valence-corrected chi connectivity index (χ4v) is 3.42. The van der Waals surface area contributed by atoms with Crippen LogP contribution in [0.4, 0.5) is 11.5 Å². The van der Waals surface area contributed by atoms with Crippen LogP contribution in [0.15, 0.2) is 18.3 Å². The first kappa shape index (κ1) is 14.9. The Hall–Kier alpha value is -1.66. The number of hydrogen-bond acceptors (Lipinski definition) is 5. The van der Waals surface area contributed by atoms with Gasteiger partial charge in [0.25, 0.3) is 0 Å². The third kappa shape index (κ3) is 3.05. The largest absolute Gasteiger partial charge is 0.356 e. The number of carbonyl (C=O) groups excluding carboxylic acids is 1. The van der Waals surface area contributed by atoms with E-state index in [1.54, 1.807) is 6.20 Å². The van der Waals surface area contributed by atoms with Crippen molar-refractivity contribution in [3.63, 3.8) is 0 Å². The summed E-state index contributed by atoms with van der Waals surface area (Å²) in [4.78, 5) is 18.7. The molecule has 23 heavy (non-hydrogen) atoms. The molecule has 3 aliphatic rings. The van der Waals surface area contributed by atoms with Crippen LogP contribution >= 0.6 is 0 Å². The molecule has 124 valence electrons. The molecule has 1 amide bonds. The summed E-state index contributed by atoms with van der Waals surface area (Å²) in [6.45, 7) is 3.16. The van der Waals surface area contributed by atoms with Gasteiger partial charge in [-0.3, -0.25) is 4.79 Å². The Morgan fingerprint density at radius 2 is 1.96 bits per heavy atom. The van der Waals surface area contributed by atoms with Crippen LogP contribution in [-0.4, -0.2) is 43.0 Å². The highest BCUT2D eigenvalue weighted by Crippen LogP contribution is 2.33. The van der Waals surface area contributed by atoms with Gasteiger partial charge in [-0.1, -0.05) is 6.42 Å². The van der Waals surface area contributed by atoms with E-state index < -0.39 is 0 Å². The molecule has 1 aromatic heterocycles. The molecule has 1 N–H and O–H groups in total. The van der Waals surface area contributed by atoms with Crippen LogP contribution in [0, 0.1) is 5.92 Å². The number of amides is 1. The first-order valence-electron chi connectivity index (χ1n) is 8.54. The maximum atomic E-state index is 11.9. The fraction of sp³-hybridized carbons (Fsp3) is 0.647. The highest BCUT2D eigenvalue weighted by atomic mass is 16.7. The number of nitrogens with one attached hydrogen (secondary N) is 1. The molecule has 0 aromatic carbocycles. The smallest absolute Gasteiger partial charge is 0.227 e. The minimum atomic E-state index is -0.354. The number of piperidine rings is 1. The Bertz CT molecular complexity index is 555. The van der Waals surface area contributed by atoms with E-state index in [4.69, 9.17) is 9.47 Å². The van der Waals surface area contributed by atoms with Gasteiger partial charge < -0.3 is 19.7 Å². The normalized spacial score (nSPS) is 23.7. The van der Waals surface area contributed by atoms with Gasteiger partial charge >= 0.3 is 0 Å². The van der Waals surface area contributed by atoms with Crippen molar-refractivity contribution in [1.29, 1.82) is 0 Å². The number of carbonyl (C=O) groups is 1. The monoisotopic (exact) mass is 317 g/mol. The molecule has 2 aliphatic heterocycles. The first-order valence-corrected chi connectivity index (χ1v) is 8.54. The maximum absolute atomic E-state index is 11.9. The molecule has 0 bridgehead atoms. The molecule has 0 unspecified atom stereocenters. The molecule has 1 saturated carbocycles. The van der Waals surface area contributed by atoms with E-state index >= 15 is 0 Å². The molecule has 3 fully saturated rings. The summed E-state index contributed by atoms with van der Waals surface area (Å²) in [7, 11) is 0. The molecule has 2 saturated heterocycles. The Morgan fingerprint density at radius 1 is 1.22 bits per heavy atom. The van der Waals surface area contributed by atoms with Crippen LogP contribution in [0.25, 0.3) is 0 Å². The van der Waals surface area contributed by atoms with Crippen LogP contribution < -0.4 is 10.2 Å². The number of pyridine rings is 1. The SMILES string of the molecule is O=C(Nc1ccc(N2CCC3(CC2)OCCO3)nc1)C1CCC1. The van der Waals surface area contributed by atoms with Crippen LogP contribution in [0.1, 0.15) is 32.1 Å². The Balaban J connectivity index is 1.34. The zero-order valence-corrected chi connectivity index (χ0v) is 13.3. The third-order valence-corrected chi connectivity index (χ3v) is 5.15. The second-order valence-corrected chi connectivity index (χ2v) is 6.62. The zero-order valence-electron chi connectivity index (χ0n) is 13.3. The summed E-state index contributed by atoms with van der Waals surface area (Å²) >= 11 is 0. The lowest BCUT2D eigenvalue weighted by Gasteiger charge is -2.38. The van der Waals surface area contributed by atoms with Gasteiger partial charge in [0.15, 0.2) is 5.79 Å².